The van der Waals surface area contributed by atoms with E-state index >= 15 is 0 Å². The van der Waals surface area contributed by atoms with E-state index in [0.717, 1.165) is 18.3 Å². The highest BCUT2D eigenvalue weighted by atomic mass is 127. The molecule has 3 aromatic rings. The summed E-state index contributed by atoms with van der Waals surface area (Å²) in [6, 6.07) is 15.9. The van der Waals surface area contributed by atoms with Gasteiger partial charge in [0.2, 0.25) is 0 Å². The number of nitro benzene ring substituents is 1. The number of carboxylic acid groups (broad SMARTS) is 1. The molecule has 0 fully saturated rings. The fourth-order valence-corrected chi connectivity index (χ4v) is 4.90. The van der Waals surface area contributed by atoms with E-state index in [9.17, 15) is 19.7 Å². The molecule has 10 nitrogen and oxygen atoms in total. The van der Waals surface area contributed by atoms with Gasteiger partial charge in [0.1, 0.15) is 12.4 Å². The number of ether oxygens (including phenoxy) is 2. The largest absolute Gasteiger partial charge is 0.487 e. The van der Waals surface area contributed by atoms with E-state index in [1.807, 2.05) is 12.1 Å². The first-order valence-corrected chi connectivity index (χ1v) is 12.0. The normalized spacial score (nSPS) is 10.7. The summed E-state index contributed by atoms with van der Waals surface area (Å²) in [6.07, 6.45) is 1.46. The van der Waals surface area contributed by atoms with Gasteiger partial charge in [-0.25, -0.2) is 10.2 Å². The van der Waals surface area contributed by atoms with Crippen LogP contribution < -0.4 is 14.9 Å². The second kappa shape index (κ2) is 12.4. The molecule has 35 heavy (non-hydrogen) atoms. The monoisotopic (exact) mass is 701 g/mol. The fraction of sp³-hybridized carbons (Fsp3) is 0.0870. The number of hydrogen-bond acceptors (Lipinski definition) is 7. The van der Waals surface area contributed by atoms with Gasteiger partial charge in [-0.2, -0.15) is 5.10 Å². The van der Waals surface area contributed by atoms with Crippen LogP contribution in [-0.2, 0) is 11.4 Å². The number of rotatable bonds is 10. The highest BCUT2D eigenvalue weighted by Crippen LogP contribution is 2.29. The van der Waals surface area contributed by atoms with E-state index in [4.69, 9.17) is 14.6 Å². The van der Waals surface area contributed by atoms with E-state index in [-0.39, 0.29) is 23.6 Å². The number of nitro groups is 1. The molecule has 0 aliphatic heterocycles. The lowest BCUT2D eigenvalue weighted by molar-refractivity contribution is -0.385. The Labute approximate surface area is 226 Å². The number of nitrogens with zero attached hydrogens (tertiary/aromatic N) is 2. The average Bonchev–Trinajstić information content (AvgIpc) is 2.82. The molecule has 2 N–H and O–H groups in total. The third-order valence-corrected chi connectivity index (χ3v) is 6.03. The van der Waals surface area contributed by atoms with Crippen LogP contribution in [0.15, 0.2) is 65.8 Å². The van der Waals surface area contributed by atoms with Crippen molar-refractivity contribution in [1.82, 2.24) is 5.43 Å². The lowest BCUT2D eigenvalue weighted by atomic mass is 10.1. The summed E-state index contributed by atoms with van der Waals surface area (Å²) >= 11 is 4.26. The number of carbonyl (C=O) groups excluding carboxylic acids is 1. The highest BCUT2D eigenvalue weighted by Gasteiger charge is 2.15. The van der Waals surface area contributed by atoms with Crippen molar-refractivity contribution >= 4 is 69.0 Å². The minimum absolute atomic E-state index is 0.00541. The van der Waals surface area contributed by atoms with Crippen LogP contribution in [0.2, 0.25) is 0 Å². The van der Waals surface area contributed by atoms with Crippen LogP contribution in [-0.4, -0.2) is 34.7 Å². The molecule has 1 amide bonds. The van der Waals surface area contributed by atoms with E-state index in [1.54, 1.807) is 18.2 Å². The number of aromatic carboxylic acids is 1. The Morgan fingerprint density at radius 2 is 1.71 bits per heavy atom. The molecule has 0 spiro atoms. The summed E-state index contributed by atoms with van der Waals surface area (Å²) < 4.78 is 12.8. The first-order chi connectivity index (χ1) is 16.7. The maximum atomic E-state index is 12.0. The molecule has 180 valence electrons. The maximum absolute atomic E-state index is 12.0. The van der Waals surface area contributed by atoms with Crippen LogP contribution in [0.5, 0.6) is 11.5 Å². The van der Waals surface area contributed by atoms with Crippen molar-refractivity contribution in [3.05, 3.63) is 94.6 Å². The molecule has 0 saturated heterocycles. The van der Waals surface area contributed by atoms with Gasteiger partial charge < -0.3 is 14.6 Å². The van der Waals surface area contributed by atoms with Gasteiger partial charge in [0.25, 0.3) is 5.91 Å². The molecule has 3 rings (SSSR count). The second-order valence-corrected chi connectivity index (χ2v) is 9.24. The standard InChI is InChI=1S/C23H17I2N3O7/c24-17-9-15(10-18(25)22(17)35-12-14-5-7-16(8-6-14)23(30)31)11-26-27-21(29)13-34-20-4-2-1-3-19(20)28(32)33/h1-11H,12-13H2,(H,27,29)(H,30,31)/b26-11+. The van der Waals surface area contributed by atoms with Gasteiger partial charge in [0.05, 0.1) is 23.8 Å². The van der Waals surface area contributed by atoms with Crippen molar-refractivity contribution in [1.29, 1.82) is 0 Å². The number of nitrogens with one attached hydrogen (secondary N) is 1. The van der Waals surface area contributed by atoms with Gasteiger partial charge in [-0.3, -0.25) is 14.9 Å². The molecule has 3 aromatic carbocycles. The Morgan fingerprint density at radius 1 is 1.06 bits per heavy atom. The van der Waals surface area contributed by atoms with Crippen LogP contribution >= 0.6 is 45.2 Å². The Bertz CT molecular complexity index is 1260. The Morgan fingerprint density at radius 3 is 2.34 bits per heavy atom. The van der Waals surface area contributed by atoms with Crippen molar-refractivity contribution in [2.45, 2.75) is 6.61 Å². The number of para-hydroxylation sites is 2. The first-order valence-electron chi connectivity index (χ1n) is 9.87. The van der Waals surface area contributed by atoms with Crippen LogP contribution in [0.1, 0.15) is 21.5 Å². The molecular formula is C23H17I2N3O7. The van der Waals surface area contributed by atoms with E-state index in [2.05, 4.69) is 55.7 Å². The van der Waals surface area contributed by atoms with Crippen molar-refractivity contribution in [2.24, 2.45) is 5.10 Å². The number of hydrazone groups is 1. The summed E-state index contributed by atoms with van der Waals surface area (Å²) in [5, 5.41) is 23.9. The first kappa shape index (κ1) is 26.3. The van der Waals surface area contributed by atoms with Crippen molar-refractivity contribution in [2.75, 3.05) is 6.61 Å². The molecule has 0 radical (unpaired) electrons. The van der Waals surface area contributed by atoms with Crippen LogP contribution in [0, 0.1) is 17.3 Å². The minimum Gasteiger partial charge on any atom is -0.487 e. The molecule has 0 aliphatic carbocycles. The highest BCUT2D eigenvalue weighted by molar-refractivity contribution is 14.1. The van der Waals surface area contributed by atoms with Crippen molar-refractivity contribution in [3.63, 3.8) is 0 Å². The third kappa shape index (κ3) is 7.61. The van der Waals surface area contributed by atoms with Gasteiger partial charge in [-0.15, -0.1) is 0 Å². The van der Waals surface area contributed by atoms with Crippen LogP contribution in [0.3, 0.4) is 0 Å². The van der Waals surface area contributed by atoms with E-state index in [0.29, 0.717) is 5.75 Å². The Hall–Kier alpha value is -3.27. The molecule has 0 bridgehead atoms. The van der Waals surface area contributed by atoms with E-state index in [1.165, 1.54) is 36.5 Å². The Kier molecular flexibility index (Phi) is 9.36. The number of hydrogen-bond donors (Lipinski definition) is 2. The zero-order valence-corrected chi connectivity index (χ0v) is 22.1. The lowest BCUT2D eigenvalue weighted by Crippen LogP contribution is -2.24. The average molecular weight is 701 g/mol. The van der Waals surface area contributed by atoms with Crippen LogP contribution in [0.4, 0.5) is 5.69 Å². The summed E-state index contributed by atoms with van der Waals surface area (Å²) in [5.74, 6) is -0.887. The number of carboxylic acids is 1. The second-order valence-electron chi connectivity index (χ2n) is 6.91. The third-order valence-electron chi connectivity index (χ3n) is 4.43. The number of halogens is 2. The summed E-state index contributed by atoms with van der Waals surface area (Å²) in [5.41, 5.74) is 3.85. The molecule has 0 unspecified atom stereocenters. The summed E-state index contributed by atoms with van der Waals surface area (Å²) in [4.78, 5) is 33.3. The predicted octanol–water partition coefficient (Wildman–Crippen LogP) is 4.61. The van der Waals surface area contributed by atoms with Gasteiger partial charge >= 0.3 is 11.7 Å². The zero-order valence-electron chi connectivity index (χ0n) is 17.8. The molecule has 0 atom stereocenters. The fourth-order valence-electron chi connectivity index (χ4n) is 2.78. The summed E-state index contributed by atoms with van der Waals surface area (Å²) in [6.45, 7) is -0.160. The quantitative estimate of drug-likeness (QED) is 0.136. The zero-order chi connectivity index (χ0) is 25.4. The van der Waals surface area contributed by atoms with E-state index < -0.39 is 23.4 Å². The van der Waals surface area contributed by atoms with Gasteiger partial charge in [-0.05, 0) is 86.6 Å². The molecule has 0 saturated carbocycles. The van der Waals surface area contributed by atoms with Gasteiger partial charge in [0, 0.05) is 6.07 Å². The van der Waals surface area contributed by atoms with Crippen LogP contribution in [0.25, 0.3) is 0 Å². The molecule has 0 aliphatic rings. The number of benzene rings is 3. The maximum Gasteiger partial charge on any atom is 0.335 e. The predicted molar refractivity (Wildman–Crippen MR) is 144 cm³/mol. The van der Waals surface area contributed by atoms with Gasteiger partial charge in [-0.1, -0.05) is 24.3 Å². The number of carbonyl (C=O) groups is 2. The molecule has 0 aromatic heterocycles. The minimum atomic E-state index is -0.984. The molecule has 12 heteroatoms. The SMILES string of the molecule is O=C(COc1ccccc1[N+](=O)[O-])N/N=C/c1cc(I)c(OCc2ccc(C(=O)O)cc2)c(I)c1. The smallest absolute Gasteiger partial charge is 0.335 e. The van der Waals surface area contributed by atoms with Gasteiger partial charge in [0.15, 0.2) is 12.4 Å². The topological polar surface area (TPSA) is 140 Å². The summed E-state index contributed by atoms with van der Waals surface area (Å²) in [7, 11) is 0. The molecular weight excluding hydrogens is 684 g/mol. The van der Waals surface area contributed by atoms with Crippen molar-refractivity contribution < 1.29 is 29.1 Å². The number of amides is 1. The Balaban J connectivity index is 1.55. The van der Waals surface area contributed by atoms with Crippen molar-refractivity contribution in [3.8, 4) is 11.5 Å². The lowest BCUT2D eigenvalue weighted by Gasteiger charge is -2.11. The molecule has 0 heterocycles.